The summed E-state index contributed by atoms with van der Waals surface area (Å²) in [6.45, 7) is 0.606. The molecule has 3 rings (SSSR count). The smallest absolute Gasteiger partial charge is 0.430 e. The van der Waals surface area contributed by atoms with Gasteiger partial charge in [0, 0.05) is 6.42 Å². The Kier molecular flexibility index (Phi) is 14.2. The maximum Gasteiger partial charge on any atom is 0.430 e. The monoisotopic (exact) mass is 660 g/mol. The van der Waals surface area contributed by atoms with Crippen molar-refractivity contribution in [3.05, 3.63) is 91.0 Å². The van der Waals surface area contributed by atoms with Crippen molar-refractivity contribution >= 4 is 47.0 Å². The molecule has 0 aliphatic heterocycles. The number of carbonyl (C=O) groups excluding carboxylic acids is 3. The summed E-state index contributed by atoms with van der Waals surface area (Å²) in [4.78, 5) is 29.2. The van der Waals surface area contributed by atoms with Crippen molar-refractivity contribution in [1.29, 1.82) is 5.41 Å². The number of primary amides is 1. The number of hydrogen-bond acceptors (Lipinski definition) is 6. The highest BCUT2D eigenvalue weighted by molar-refractivity contribution is 7.95. The number of benzene rings is 3. The number of halogens is 6. The molecule has 5 N–H and O–H groups in total. The lowest BCUT2D eigenvalue weighted by atomic mass is 10.3. The molecule has 0 heterocycles. The molecule has 3 aromatic rings. The number of carboxylic acids is 2. The Morgan fingerprint density at radius 3 is 1.22 bits per heavy atom. The third kappa shape index (κ3) is 11.8. The van der Waals surface area contributed by atoms with Gasteiger partial charge in [-0.15, -0.1) is 0 Å². The number of guanidine groups is 1. The molecular weight excluding hydrogens is 629 g/mol. The summed E-state index contributed by atoms with van der Waals surface area (Å²) < 4.78 is 63.1. The fourth-order valence-electron chi connectivity index (χ4n) is 4.17. The Hall–Kier alpha value is -4.49. The van der Waals surface area contributed by atoms with Gasteiger partial charge in [-0.3, -0.25) is 9.28 Å². The standard InChI is InChI=1S/C25H30N4OP.2C2HF3O2/c1-29(25(27)28,20-24(26)30)18-11-19-31(21-12-5-2-6-13-21,22-14-7-3-8-15-22)23-16-9-4-10-17-23;2*3-2(4,5)1(6)7/h2-10,12-17H,11,18-20H2,1H3,(H4-,26,27,28,30);2*(H,6,7)/q+1;;/p-1. The molecule has 244 valence electrons. The quantitative estimate of drug-likeness (QED) is 0.101. The van der Waals surface area contributed by atoms with E-state index in [9.17, 15) is 31.1 Å². The van der Waals surface area contributed by atoms with Gasteiger partial charge < -0.3 is 31.3 Å². The van der Waals surface area contributed by atoms with E-state index in [1.165, 1.54) is 15.9 Å². The van der Waals surface area contributed by atoms with Gasteiger partial charge in [0.2, 0.25) is 0 Å². The fourth-order valence-corrected chi connectivity index (χ4v) is 8.50. The van der Waals surface area contributed by atoms with E-state index >= 15 is 0 Å². The van der Waals surface area contributed by atoms with Gasteiger partial charge in [-0.25, -0.2) is 5.41 Å². The molecule has 0 saturated heterocycles. The lowest BCUT2D eigenvalue weighted by Crippen LogP contribution is -2.57. The molecule has 1 atom stereocenters. The summed E-state index contributed by atoms with van der Waals surface area (Å²) in [6, 6.07) is 32.0. The van der Waals surface area contributed by atoms with Crippen LogP contribution in [-0.2, 0) is 14.4 Å². The van der Waals surface area contributed by atoms with Gasteiger partial charge in [0.15, 0.2) is 6.54 Å². The number of quaternary nitrogens is 1. The lowest BCUT2D eigenvalue weighted by Gasteiger charge is -2.32. The Morgan fingerprint density at radius 1 is 0.711 bits per heavy atom. The fraction of sp³-hybridized carbons (Fsp3) is 0.241. The third-order valence-corrected chi connectivity index (χ3v) is 10.8. The molecule has 0 spiro atoms. The topological polar surface area (TPSA) is 173 Å². The molecule has 0 aliphatic carbocycles. The number of carboxylic acid groups (broad SMARTS) is 2. The van der Waals surface area contributed by atoms with Gasteiger partial charge in [-0.2, -0.15) is 26.3 Å². The molecule has 1 amide bonds. The van der Waals surface area contributed by atoms with Crippen molar-refractivity contribution in [2.45, 2.75) is 18.8 Å². The van der Waals surface area contributed by atoms with E-state index in [-0.39, 0.29) is 17.0 Å². The molecule has 0 bridgehead atoms. The van der Waals surface area contributed by atoms with Crippen LogP contribution in [0.25, 0.3) is 0 Å². The zero-order valence-electron chi connectivity index (χ0n) is 23.8. The Balaban J connectivity index is 0.000000601. The molecule has 9 nitrogen and oxygen atoms in total. The number of carbonyl (C=O) groups is 3. The molecule has 16 heteroatoms. The second-order valence-electron chi connectivity index (χ2n) is 9.59. The zero-order valence-corrected chi connectivity index (χ0v) is 24.7. The number of nitrogens with one attached hydrogen (secondary N) is 1. The highest BCUT2D eigenvalue weighted by Crippen LogP contribution is 2.55. The molecule has 0 fully saturated rings. The van der Waals surface area contributed by atoms with Gasteiger partial charge in [-0.05, 0) is 36.4 Å². The molecule has 0 aromatic heterocycles. The maximum absolute atomic E-state index is 11.6. The molecular formula is C29H31F6N4O5P. The number of rotatable bonds is 9. The van der Waals surface area contributed by atoms with Gasteiger partial charge >= 0.3 is 12.4 Å². The largest absolute Gasteiger partial charge is 0.542 e. The summed E-state index contributed by atoms with van der Waals surface area (Å²) in [7, 11) is -0.135. The van der Waals surface area contributed by atoms with Crippen molar-refractivity contribution in [1.82, 2.24) is 0 Å². The number of hydrogen-bond donors (Lipinski definition) is 3. The van der Waals surface area contributed by atoms with Crippen LogP contribution in [-0.4, -0.2) is 66.9 Å². The summed E-state index contributed by atoms with van der Waals surface area (Å²) >= 11 is 0. The van der Waals surface area contributed by atoms with Crippen LogP contribution in [0.2, 0.25) is 0 Å². The molecule has 3 aromatic carbocycles. The minimum atomic E-state index is -5.19. The van der Waals surface area contributed by atoms with Crippen molar-refractivity contribution in [3.63, 3.8) is 0 Å². The second kappa shape index (κ2) is 16.5. The van der Waals surface area contributed by atoms with Gasteiger partial charge in [0.1, 0.15) is 35.1 Å². The third-order valence-electron chi connectivity index (χ3n) is 6.29. The van der Waals surface area contributed by atoms with Crippen molar-refractivity contribution in [3.8, 4) is 0 Å². The van der Waals surface area contributed by atoms with E-state index in [0.717, 1.165) is 12.6 Å². The number of nitrogens with zero attached hydrogens (tertiary/aromatic N) is 1. The van der Waals surface area contributed by atoms with Crippen LogP contribution in [0.4, 0.5) is 26.3 Å². The number of alkyl halides is 6. The average Bonchev–Trinajstić information content (AvgIpc) is 2.96. The van der Waals surface area contributed by atoms with Crippen LogP contribution in [0.1, 0.15) is 6.42 Å². The molecule has 0 radical (unpaired) electrons. The highest BCUT2D eigenvalue weighted by Gasteiger charge is 2.45. The van der Waals surface area contributed by atoms with Crippen molar-refractivity contribution < 1.29 is 55.4 Å². The first-order valence-electron chi connectivity index (χ1n) is 12.9. The maximum atomic E-state index is 11.6. The second-order valence-corrected chi connectivity index (χ2v) is 13.2. The molecule has 0 aliphatic rings. The number of likely N-dealkylation sites (N-methyl/N-ethyl adjacent to an activating group) is 1. The zero-order chi connectivity index (χ0) is 34.5. The Labute approximate surface area is 255 Å². The van der Waals surface area contributed by atoms with E-state index in [2.05, 4.69) is 72.8 Å². The van der Waals surface area contributed by atoms with E-state index in [1.54, 1.807) is 7.05 Å². The number of nitrogens with two attached hydrogens (primary N) is 2. The number of amides is 1. The minimum absolute atomic E-state index is 0.0305. The van der Waals surface area contributed by atoms with E-state index < -0.39 is 37.5 Å². The highest BCUT2D eigenvalue weighted by atomic mass is 31.2. The van der Waals surface area contributed by atoms with Crippen molar-refractivity contribution in [2.24, 2.45) is 11.5 Å². The van der Waals surface area contributed by atoms with E-state index in [4.69, 9.17) is 36.7 Å². The summed E-state index contributed by atoms with van der Waals surface area (Å²) in [5, 5.41) is 29.5. The first kappa shape index (κ1) is 38.5. The van der Waals surface area contributed by atoms with Gasteiger partial charge in [0.25, 0.3) is 11.9 Å². The molecule has 1 unspecified atom stereocenters. The average molecular weight is 661 g/mol. The lowest BCUT2D eigenvalue weighted by molar-refractivity contribution is -0.814. The SMILES string of the molecule is C[N+](CCC[P+](c1ccccc1)(c1ccccc1)c1ccccc1)(CC(N)=O)C(=N)N.O=C([O-])C(F)(F)F.O=C([O-])C(F)(F)F. The van der Waals surface area contributed by atoms with Gasteiger partial charge in [-0.1, -0.05) is 54.6 Å². The van der Waals surface area contributed by atoms with Crippen LogP contribution in [0.5, 0.6) is 0 Å². The van der Waals surface area contributed by atoms with E-state index in [1.807, 2.05) is 18.2 Å². The van der Waals surface area contributed by atoms with Crippen LogP contribution < -0.4 is 37.6 Å². The summed E-state index contributed by atoms with van der Waals surface area (Å²) in [5.41, 5.74) is 11.3. The number of aliphatic carboxylic acids is 2. The van der Waals surface area contributed by atoms with Crippen molar-refractivity contribution in [2.75, 3.05) is 26.3 Å². The minimum Gasteiger partial charge on any atom is -0.542 e. The summed E-state index contributed by atoms with van der Waals surface area (Å²) in [5.74, 6) is -6.50. The molecule has 45 heavy (non-hydrogen) atoms. The van der Waals surface area contributed by atoms with Gasteiger partial charge in [0.05, 0.1) is 19.8 Å². The predicted octanol–water partition coefficient (Wildman–Crippen LogP) is 0.793. The van der Waals surface area contributed by atoms with Crippen LogP contribution in [0.15, 0.2) is 91.0 Å². The van der Waals surface area contributed by atoms with Crippen LogP contribution >= 0.6 is 7.26 Å². The first-order valence-corrected chi connectivity index (χ1v) is 14.8. The Morgan fingerprint density at radius 2 is 1.00 bits per heavy atom. The molecule has 0 saturated carbocycles. The predicted molar refractivity (Wildman–Crippen MR) is 154 cm³/mol. The van der Waals surface area contributed by atoms with E-state index in [0.29, 0.717) is 6.54 Å². The Bertz CT molecular complexity index is 1290. The van der Waals surface area contributed by atoms with Crippen LogP contribution in [0.3, 0.4) is 0 Å². The summed E-state index contributed by atoms with van der Waals surface area (Å²) in [6.07, 6.45) is -8.68. The normalized spacial score (nSPS) is 12.7. The first-order chi connectivity index (χ1) is 20.8. The van der Waals surface area contributed by atoms with Crippen LogP contribution in [0, 0.1) is 5.41 Å².